The molecule has 0 spiro atoms. The van der Waals surface area contributed by atoms with Crippen molar-refractivity contribution in [3.8, 4) is 11.8 Å². The Bertz CT molecular complexity index is 507. The summed E-state index contributed by atoms with van der Waals surface area (Å²) < 4.78 is 10.1. The maximum atomic E-state index is 11.8. The second kappa shape index (κ2) is 7.93. The molecule has 0 saturated heterocycles. The van der Waals surface area contributed by atoms with Crippen LogP contribution in [0, 0.1) is 0 Å². The molecule has 116 valence electrons. The van der Waals surface area contributed by atoms with E-state index in [1.54, 1.807) is 12.1 Å². The number of aliphatic carboxylic acids is 1. The summed E-state index contributed by atoms with van der Waals surface area (Å²) in [4.78, 5) is 27.7. The minimum absolute atomic E-state index is 0.0999. The number of nitrogens with zero attached hydrogens (tertiary/aromatic N) is 2. The molecule has 1 aromatic heterocycles. The zero-order chi connectivity index (χ0) is 15.8. The lowest BCUT2D eigenvalue weighted by atomic mass is 10.2. The van der Waals surface area contributed by atoms with Gasteiger partial charge in [-0.25, -0.2) is 4.79 Å². The van der Waals surface area contributed by atoms with Crippen molar-refractivity contribution < 1.29 is 24.2 Å². The monoisotopic (exact) mass is 297 g/mol. The van der Waals surface area contributed by atoms with Gasteiger partial charge in [0.25, 0.3) is 0 Å². The van der Waals surface area contributed by atoms with Crippen LogP contribution in [0.3, 0.4) is 0 Å². The van der Waals surface area contributed by atoms with Crippen molar-refractivity contribution in [2.24, 2.45) is 0 Å². The van der Waals surface area contributed by atoms with Crippen molar-refractivity contribution in [2.45, 2.75) is 13.0 Å². The Kier molecular flexibility index (Phi) is 6.25. The van der Waals surface area contributed by atoms with E-state index in [0.29, 0.717) is 17.3 Å². The quantitative estimate of drug-likeness (QED) is 0.769. The number of carboxylic acids is 1. The average molecular weight is 297 g/mol. The van der Waals surface area contributed by atoms with E-state index < -0.39 is 5.97 Å². The van der Waals surface area contributed by atoms with Gasteiger partial charge in [0, 0.05) is 31.8 Å². The summed E-state index contributed by atoms with van der Waals surface area (Å²) in [5.41, 5.74) is 0.693. The third-order valence-corrected chi connectivity index (χ3v) is 2.75. The van der Waals surface area contributed by atoms with Gasteiger partial charge in [0.05, 0.1) is 20.6 Å². The van der Waals surface area contributed by atoms with Crippen LogP contribution in [0.1, 0.15) is 12.0 Å². The molecular formula is C13H19N3O5. The smallest absolute Gasteiger partial charge is 0.317 e. The molecule has 0 bridgehead atoms. The zero-order valence-electron chi connectivity index (χ0n) is 12.3. The number of carbonyl (C=O) groups excluding carboxylic acids is 1. The first-order chi connectivity index (χ1) is 9.97. The molecule has 0 atom stereocenters. The van der Waals surface area contributed by atoms with Gasteiger partial charge in [0.1, 0.15) is 0 Å². The van der Waals surface area contributed by atoms with Crippen molar-refractivity contribution in [2.75, 3.05) is 27.8 Å². The molecule has 8 nitrogen and oxygen atoms in total. The highest BCUT2D eigenvalue weighted by molar-refractivity contribution is 5.75. The highest BCUT2D eigenvalue weighted by Crippen LogP contribution is 2.19. The number of pyridine rings is 1. The normalized spacial score (nSPS) is 9.86. The van der Waals surface area contributed by atoms with Crippen LogP contribution in [0.2, 0.25) is 0 Å². The van der Waals surface area contributed by atoms with Crippen molar-refractivity contribution in [1.29, 1.82) is 0 Å². The Morgan fingerprint density at radius 3 is 2.62 bits per heavy atom. The van der Waals surface area contributed by atoms with Crippen molar-refractivity contribution in [3.63, 3.8) is 0 Å². The summed E-state index contributed by atoms with van der Waals surface area (Å²) in [5.74, 6) is -0.168. The largest absolute Gasteiger partial charge is 0.481 e. The molecule has 0 unspecified atom stereocenters. The third-order valence-electron chi connectivity index (χ3n) is 2.75. The molecule has 1 heterocycles. The second-order valence-electron chi connectivity index (χ2n) is 4.25. The molecule has 2 amide bonds. The van der Waals surface area contributed by atoms with E-state index >= 15 is 0 Å². The first-order valence-corrected chi connectivity index (χ1v) is 6.26. The summed E-state index contributed by atoms with van der Waals surface area (Å²) in [6.45, 7) is 0.357. The zero-order valence-corrected chi connectivity index (χ0v) is 12.3. The van der Waals surface area contributed by atoms with E-state index in [-0.39, 0.29) is 25.5 Å². The number of hydrogen-bond donors (Lipinski definition) is 2. The molecule has 0 radical (unpaired) electrons. The standard InChI is InChI=1S/C13H19N3O5/c1-16(7-6-11(17)18)13(19)14-8-9-4-5-10(20-2)15-12(9)21-3/h4-5H,6-8H2,1-3H3,(H,14,19)(H,17,18). The highest BCUT2D eigenvalue weighted by atomic mass is 16.5. The lowest BCUT2D eigenvalue weighted by Gasteiger charge is -2.17. The van der Waals surface area contributed by atoms with E-state index in [2.05, 4.69) is 10.3 Å². The van der Waals surface area contributed by atoms with Gasteiger partial charge in [-0.05, 0) is 6.07 Å². The van der Waals surface area contributed by atoms with Gasteiger partial charge in [-0.15, -0.1) is 0 Å². The van der Waals surface area contributed by atoms with Crippen LogP contribution in [0.15, 0.2) is 12.1 Å². The van der Waals surface area contributed by atoms with Gasteiger partial charge < -0.3 is 24.8 Å². The second-order valence-corrected chi connectivity index (χ2v) is 4.25. The van der Waals surface area contributed by atoms with Crippen LogP contribution in [0.5, 0.6) is 11.8 Å². The van der Waals surface area contributed by atoms with E-state index in [0.717, 1.165) is 0 Å². The predicted molar refractivity (Wildman–Crippen MR) is 74.5 cm³/mol. The van der Waals surface area contributed by atoms with Crippen LogP contribution in [0.25, 0.3) is 0 Å². The summed E-state index contributed by atoms with van der Waals surface area (Å²) in [6.07, 6.45) is -0.0999. The van der Waals surface area contributed by atoms with Crippen molar-refractivity contribution in [1.82, 2.24) is 15.2 Å². The molecule has 1 aromatic rings. The number of aromatic nitrogens is 1. The first kappa shape index (κ1) is 16.5. The molecule has 0 saturated carbocycles. The number of hydrogen-bond acceptors (Lipinski definition) is 5. The van der Waals surface area contributed by atoms with E-state index in [9.17, 15) is 9.59 Å². The van der Waals surface area contributed by atoms with Gasteiger partial charge >= 0.3 is 12.0 Å². The molecular weight excluding hydrogens is 278 g/mol. The fourth-order valence-electron chi connectivity index (χ4n) is 1.55. The lowest BCUT2D eigenvalue weighted by Crippen LogP contribution is -2.38. The fraction of sp³-hybridized carbons (Fsp3) is 0.462. The SMILES string of the molecule is COc1ccc(CNC(=O)N(C)CCC(=O)O)c(OC)n1. The number of methoxy groups -OCH3 is 2. The molecule has 0 aliphatic heterocycles. The topological polar surface area (TPSA) is 101 Å². The van der Waals surface area contributed by atoms with Crippen LogP contribution < -0.4 is 14.8 Å². The number of nitrogens with one attached hydrogen (secondary N) is 1. The van der Waals surface area contributed by atoms with E-state index in [4.69, 9.17) is 14.6 Å². The van der Waals surface area contributed by atoms with E-state index in [1.807, 2.05) is 0 Å². The molecule has 0 aromatic carbocycles. The fourth-order valence-corrected chi connectivity index (χ4v) is 1.55. The molecule has 0 aliphatic carbocycles. The molecule has 8 heteroatoms. The number of rotatable bonds is 7. The average Bonchev–Trinajstić information content (AvgIpc) is 2.49. The summed E-state index contributed by atoms with van der Waals surface area (Å²) in [6, 6.07) is 3.04. The predicted octanol–water partition coefficient (Wildman–Crippen LogP) is 0.715. The molecule has 0 fully saturated rings. The van der Waals surface area contributed by atoms with Gasteiger partial charge in [-0.1, -0.05) is 0 Å². The van der Waals surface area contributed by atoms with Gasteiger partial charge in [-0.2, -0.15) is 4.98 Å². The lowest BCUT2D eigenvalue weighted by molar-refractivity contribution is -0.137. The van der Waals surface area contributed by atoms with E-state index in [1.165, 1.54) is 26.2 Å². The number of carboxylic acid groups (broad SMARTS) is 1. The third kappa shape index (κ3) is 5.17. The Morgan fingerprint density at radius 2 is 2.05 bits per heavy atom. The van der Waals surface area contributed by atoms with Gasteiger partial charge in [-0.3, -0.25) is 4.79 Å². The Balaban J connectivity index is 2.58. The molecule has 21 heavy (non-hydrogen) atoms. The van der Waals surface area contributed by atoms with Crippen LogP contribution in [-0.4, -0.2) is 54.8 Å². The Labute approximate surface area is 122 Å². The van der Waals surface area contributed by atoms with Crippen LogP contribution in [-0.2, 0) is 11.3 Å². The van der Waals surface area contributed by atoms with Crippen molar-refractivity contribution >= 4 is 12.0 Å². The molecule has 2 N–H and O–H groups in total. The van der Waals surface area contributed by atoms with Crippen LogP contribution >= 0.6 is 0 Å². The minimum atomic E-state index is -0.948. The first-order valence-electron chi connectivity index (χ1n) is 6.26. The Morgan fingerprint density at radius 1 is 1.33 bits per heavy atom. The summed E-state index contributed by atoms with van der Waals surface area (Å²) >= 11 is 0. The maximum absolute atomic E-state index is 11.8. The minimum Gasteiger partial charge on any atom is -0.481 e. The summed E-state index contributed by atoms with van der Waals surface area (Å²) in [7, 11) is 4.51. The highest BCUT2D eigenvalue weighted by Gasteiger charge is 2.12. The summed E-state index contributed by atoms with van der Waals surface area (Å²) in [5, 5.41) is 11.2. The number of ether oxygens (including phenoxy) is 2. The Hall–Kier alpha value is -2.51. The number of carbonyl (C=O) groups is 2. The number of amides is 2. The van der Waals surface area contributed by atoms with Gasteiger partial charge in [0.2, 0.25) is 11.8 Å². The molecule has 1 rings (SSSR count). The number of urea groups is 1. The van der Waals surface area contributed by atoms with Gasteiger partial charge in [0.15, 0.2) is 0 Å². The maximum Gasteiger partial charge on any atom is 0.317 e. The molecule has 0 aliphatic rings. The van der Waals surface area contributed by atoms with Crippen LogP contribution in [0.4, 0.5) is 4.79 Å². The van der Waals surface area contributed by atoms with Crippen molar-refractivity contribution in [3.05, 3.63) is 17.7 Å².